The predicted molar refractivity (Wildman–Crippen MR) is 431 cm³/mol. The fourth-order valence-electron chi connectivity index (χ4n) is 16.4. The molecule has 0 radical (unpaired) electrons. The van der Waals surface area contributed by atoms with Crippen LogP contribution in [0.4, 0.5) is 10.5 Å². The van der Waals surface area contributed by atoms with Crippen molar-refractivity contribution < 1.29 is 110 Å². The van der Waals surface area contributed by atoms with Crippen molar-refractivity contribution in [3.63, 3.8) is 0 Å². The standard InChI is InChI=1S/C78H108N9O23P3S2/c1-9-48(75(97)98)39-62(89)59(42-69(94)95)82-66(92)29-14-12-11-13-28-61(88)58(27-21-36-114-115-37-31-65(91)80-32-17-22-50-45-86(76(99)83-73(50)79)68-43-63(90)64(108-68)46-107-112(103,104)110-113(105,106)109-111(100,101)102)81-67(93)30-20-33-84(8)74(96)52-25-16-15-24-51(52)70-55-40-54-47(3)44-77(4,5)87(10-2)60(54)41-57(55)78(6,7)71-53-26-19-35-85-34-18-23-49(72(53)85)38-56(70)71/h15-16,24-25,38,40-41,45,47-48,58-59,63-64,68,73,90H,9-14,18-21,23,26-37,39,42-44,46,79H2,1-8H3,(H9-,80,81,82,83,91,92,93,94,95,97,98,99,100,101,102,103,104,105,106)/p+1/t47?,48?,58?,59?,63?,64-,68-,73?/m1/s1. The molecule has 6 aliphatic rings. The molecular weight excluding hydrogens is 1590 g/mol. The van der Waals surface area contributed by atoms with E-state index in [0.29, 0.717) is 62.0 Å². The van der Waals surface area contributed by atoms with Gasteiger partial charge in [-0.25, -0.2) is 23.1 Å². The number of aryl methyl sites for hydroxylation is 1. The highest BCUT2D eigenvalue weighted by atomic mass is 33.1. The number of nitrogens with zero attached hydrogens (tertiary/aromatic N) is 4. The van der Waals surface area contributed by atoms with E-state index in [9.17, 15) is 77.2 Å². The van der Waals surface area contributed by atoms with Crippen LogP contribution in [0.25, 0.3) is 5.57 Å². The van der Waals surface area contributed by atoms with Gasteiger partial charge >= 0.3 is 41.4 Å². The molecule has 3 aromatic rings. The Balaban J connectivity index is 0.803. The third-order valence-corrected chi connectivity index (χ3v) is 28.1. The van der Waals surface area contributed by atoms with Gasteiger partial charge in [-0.15, -0.1) is 0 Å². The maximum atomic E-state index is 15.2. The zero-order chi connectivity index (χ0) is 84.1. The summed E-state index contributed by atoms with van der Waals surface area (Å²) < 4.78 is 55.1. The summed E-state index contributed by atoms with van der Waals surface area (Å²) in [5.41, 5.74) is 17.4. The second kappa shape index (κ2) is 40.1. The molecule has 37 heteroatoms. The summed E-state index contributed by atoms with van der Waals surface area (Å²) in [6.45, 7) is 17.7. The number of phosphoric acid groups is 3. The SMILES string of the molecule is CCC(CC(=O)C(CC(=O)O)NC(=O)CCCCCCC(=O)C(CCCSSCCC(=O)NCC#CC1=CN([C@H]2CC(O)[C@@H](COP(=O)(O)OP(=O)(O)OP(=O)(O)O)O2)C(=O)NC1N)NC(=O)CCCN(C)C(=O)c1ccccc1C1=c2cc3c4c(c2C(C)(C)c2cc5c(cc21)C(C)CC(C)(C)N5CC)CCC[N+]=4CCC3)C(=O)O. The number of aliphatic hydroxyl groups is 1. The predicted octanol–water partition coefficient (Wildman–Crippen LogP) is 7.03. The Morgan fingerprint density at radius 2 is 1.50 bits per heavy atom. The van der Waals surface area contributed by atoms with Gasteiger partial charge in [0.2, 0.25) is 23.1 Å². The first-order valence-corrected chi connectivity index (χ1v) is 46.1. The number of urea groups is 1. The third-order valence-electron chi connectivity index (χ3n) is 21.8. The lowest BCUT2D eigenvalue weighted by Gasteiger charge is -2.48. The van der Waals surface area contributed by atoms with Crippen molar-refractivity contribution in [2.75, 3.05) is 62.8 Å². The molecule has 8 unspecified atom stereocenters. The molecule has 5 heterocycles. The number of carboxylic acid groups (broad SMARTS) is 2. The highest BCUT2D eigenvalue weighted by Crippen LogP contribution is 2.66. The molecule has 6 amide bonds. The average molecular weight is 1700 g/mol. The van der Waals surface area contributed by atoms with Crippen LogP contribution in [0, 0.1) is 17.8 Å². The number of carbonyl (C=O) groups excluding carboxylic acids is 7. The zero-order valence-electron chi connectivity index (χ0n) is 66.2. The van der Waals surface area contributed by atoms with Crippen molar-refractivity contribution in [1.82, 2.24) is 35.6 Å². The van der Waals surface area contributed by atoms with Gasteiger partial charge in [0.1, 0.15) is 31.6 Å². The zero-order valence-corrected chi connectivity index (χ0v) is 70.5. The maximum absolute atomic E-state index is 15.2. The molecule has 630 valence electrons. The number of fused-ring (bicyclic) bond motifs is 4. The van der Waals surface area contributed by atoms with Crippen LogP contribution in [0.1, 0.15) is 219 Å². The highest BCUT2D eigenvalue weighted by Gasteiger charge is 2.47. The van der Waals surface area contributed by atoms with Gasteiger partial charge in [-0.3, -0.25) is 47.8 Å². The smallest absolute Gasteiger partial charge is 0.481 e. The van der Waals surface area contributed by atoms with Crippen LogP contribution in [0.3, 0.4) is 0 Å². The number of benzene rings is 3. The van der Waals surface area contributed by atoms with Crippen LogP contribution in [-0.4, -0.2) is 198 Å². The number of nitrogens with two attached hydrogens (primary N) is 1. The molecule has 1 saturated heterocycles. The largest absolute Gasteiger partial charge is 0.490 e. The summed E-state index contributed by atoms with van der Waals surface area (Å²) in [7, 11) is -12.4. The number of aliphatic hydroxyl groups excluding tert-OH is 1. The molecule has 13 N–H and O–H groups in total. The summed E-state index contributed by atoms with van der Waals surface area (Å²) in [5, 5.41) is 42.7. The van der Waals surface area contributed by atoms with E-state index in [1.54, 1.807) is 18.9 Å². The summed E-state index contributed by atoms with van der Waals surface area (Å²) in [4.78, 5) is 160. The number of unbranched alkanes of at least 4 members (excludes halogenated alkanes) is 3. The van der Waals surface area contributed by atoms with Crippen LogP contribution in [-0.2, 0) is 83.4 Å². The number of rotatable bonds is 41. The number of Topliss-reactive ketones (excluding diaryl/α,β-unsaturated/α-hetero) is 2. The van der Waals surface area contributed by atoms with E-state index in [4.69, 9.17) is 20.3 Å². The summed E-state index contributed by atoms with van der Waals surface area (Å²) in [6.07, 6.45) is 2.97. The average Bonchev–Trinajstić information content (AvgIpc) is 1.06. The Bertz CT molecular complexity index is 4580. The minimum Gasteiger partial charge on any atom is -0.481 e. The van der Waals surface area contributed by atoms with Crippen LogP contribution >= 0.6 is 45.1 Å². The van der Waals surface area contributed by atoms with Gasteiger partial charge in [0, 0.05) is 123 Å². The number of anilines is 1. The van der Waals surface area contributed by atoms with E-state index in [1.807, 2.05) is 18.2 Å². The van der Waals surface area contributed by atoms with E-state index in [1.165, 1.54) is 71.9 Å². The third kappa shape index (κ3) is 24.1. The lowest BCUT2D eigenvalue weighted by Crippen LogP contribution is -2.54. The number of ether oxygens (including phenoxy) is 1. The molecule has 5 aliphatic heterocycles. The van der Waals surface area contributed by atoms with Crippen molar-refractivity contribution in [3.8, 4) is 11.8 Å². The number of carbonyl (C=O) groups is 9. The molecular formula is C78H109N9O23P3S2+. The van der Waals surface area contributed by atoms with Crippen molar-refractivity contribution in [2.45, 2.75) is 230 Å². The van der Waals surface area contributed by atoms with E-state index in [2.05, 4.69) is 122 Å². The summed E-state index contributed by atoms with van der Waals surface area (Å²) >= 11 is 0. The molecule has 115 heavy (non-hydrogen) atoms. The molecule has 1 aliphatic carbocycles. The van der Waals surface area contributed by atoms with Crippen molar-refractivity contribution in [1.29, 1.82) is 0 Å². The van der Waals surface area contributed by atoms with Crippen LogP contribution in [0.2, 0.25) is 0 Å². The lowest BCUT2D eigenvalue weighted by atomic mass is 9.64. The van der Waals surface area contributed by atoms with Gasteiger partial charge in [0.05, 0.1) is 49.3 Å². The first-order chi connectivity index (χ1) is 54.2. The van der Waals surface area contributed by atoms with Gasteiger partial charge in [-0.1, -0.05) is 92.2 Å². The fourth-order valence-corrected chi connectivity index (χ4v) is 21.5. The summed E-state index contributed by atoms with van der Waals surface area (Å²) in [5.74, 6) is 0.896. The number of aliphatic carboxylic acids is 2. The number of hydrogen-bond donors (Lipinski definition) is 12. The molecule has 0 bridgehead atoms. The van der Waals surface area contributed by atoms with E-state index in [-0.39, 0.29) is 97.6 Å². The first-order valence-electron chi connectivity index (χ1n) is 39.1. The van der Waals surface area contributed by atoms with Crippen molar-refractivity contribution >= 4 is 109 Å². The minimum absolute atomic E-state index is 0.0179. The van der Waals surface area contributed by atoms with Crippen LogP contribution in [0.5, 0.6) is 0 Å². The van der Waals surface area contributed by atoms with Gasteiger partial charge < -0.3 is 76.4 Å². The molecule has 9 rings (SSSR count). The fraction of sp³-hybridized carbons (Fsp3) is 0.590. The van der Waals surface area contributed by atoms with E-state index in [0.717, 1.165) is 73.3 Å². The molecule has 0 spiro atoms. The highest BCUT2D eigenvalue weighted by molar-refractivity contribution is 8.76. The number of phosphoric ester groups is 1. The minimum atomic E-state index is -5.82. The number of amides is 6. The van der Waals surface area contributed by atoms with Gasteiger partial charge in [-0.05, 0) is 147 Å². The number of ketones is 2. The molecule has 3 aromatic carbocycles. The topological polar surface area (TPSA) is 470 Å². The monoisotopic (exact) mass is 1700 g/mol. The quantitative estimate of drug-likeness (QED) is 0.00891. The molecule has 1 fully saturated rings. The number of hydrogen-bond acceptors (Lipinski definition) is 21. The number of nitrogens with one attached hydrogen (secondary N) is 4. The van der Waals surface area contributed by atoms with Crippen LogP contribution in [0.15, 0.2) is 54.2 Å². The second-order valence-corrected chi connectivity index (χ2v) is 38.3. The Kier molecular flexibility index (Phi) is 32.0. The van der Waals surface area contributed by atoms with Crippen LogP contribution < -0.4 is 47.1 Å². The Hall–Kier alpha value is -7.15. The molecule has 32 nitrogen and oxygen atoms in total. The van der Waals surface area contributed by atoms with Gasteiger partial charge in [0.25, 0.3) is 5.91 Å². The van der Waals surface area contributed by atoms with Gasteiger partial charge in [-0.2, -0.15) is 8.62 Å². The van der Waals surface area contributed by atoms with E-state index < -0.39 is 115 Å². The molecule has 0 aromatic heterocycles. The number of carboxylic acids is 2. The lowest BCUT2D eigenvalue weighted by molar-refractivity contribution is -0.144. The van der Waals surface area contributed by atoms with Gasteiger partial charge in [0.15, 0.2) is 11.6 Å². The Labute approximate surface area is 677 Å². The van der Waals surface area contributed by atoms with Crippen molar-refractivity contribution in [3.05, 3.63) is 109 Å². The maximum Gasteiger partial charge on any atom is 0.490 e. The molecule has 0 saturated carbocycles. The first kappa shape index (κ1) is 91.7. The Morgan fingerprint density at radius 3 is 2.18 bits per heavy atom. The van der Waals surface area contributed by atoms with Crippen molar-refractivity contribution in [2.24, 2.45) is 11.7 Å². The Morgan fingerprint density at radius 1 is 0.817 bits per heavy atom. The molecule has 10 atom stereocenters. The summed E-state index contributed by atoms with van der Waals surface area (Å²) in [6, 6.07) is 12.2. The second-order valence-electron chi connectivity index (χ2n) is 31.2. The van der Waals surface area contributed by atoms with E-state index >= 15 is 4.79 Å². The normalized spacial score (nSPS) is 21.0.